The van der Waals surface area contributed by atoms with Gasteiger partial charge in [0.1, 0.15) is 0 Å². The summed E-state index contributed by atoms with van der Waals surface area (Å²) in [6.45, 7) is 22.1. The molecule has 4 bridgehead atoms. The number of piperidine rings is 1. The van der Waals surface area contributed by atoms with E-state index in [4.69, 9.17) is 4.98 Å². The molecule has 40 heavy (non-hydrogen) atoms. The van der Waals surface area contributed by atoms with Crippen LogP contribution in [0.4, 0.5) is 0 Å². The van der Waals surface area contributed by atoms with Crippen molar-refractivity contribution in [2.75, 3.05) is 19.6 Å². The Morgan fingerprint density at radius 1 is 0.975 bits per heavy atom. The fraction of sp³-hybridized carbons (Fsp3) is 0.844. The highest BCUT2D eigenvalue weighted by Gasteiger charge is 2.47. The van der Waals surface area contributed by atoms with E-state index in [-0.39, 0.29) is 22.4 Å². The van der Waals surface area contributed by atoms with Crippen LogP contribution in [0.3, 0.4) is 0 Å². The number of aromatic nitrogens is 1. The molecule has 5 N–H and O–H groups in total. The first-order valence-corrected chi connectivity index (χ1v) is 16.8. The molecule has 4 fully saturated rings. The molecule has 4 saturated heterocycles. The van der Waals surface area contributed by atoms with Crippen molar-refractivity contribution < 1.29 is 0 Å². The Kier molecular flexibility index (Phi) is 9.29. The van der Waals surface area contributed by atoms with Gasteiger partial charge in [0.25, 0.3) is 0 Å². The summed E-state index contributed by atoms with van der Waals surface area (Å²) in [5, 5.41) is 16.4. The quantitative estimate of drug-likeness (QED) is 0.299. The van der Waals surface area contributed by atoms with Crippen molar-refractivity contribution >= 4 is 11.9 Å². The molecule has 7 unspecified atom stereocenters. The summed E-state index contributed by atoms with van der Waals surface area (Å²) in [6.07, 6.45) is 10.2. The second kappa shape index (κ2) is 12.1. The molecule has 8 heteroatoms. The Labute approximate surface area is 248 Å². The molecule has 226 valence electrons. The highest BCUT2D eigenvalue weighted by atomic mass is 32.2. The number of nitrogens with one attached hydrogen (secondary N) is 5. The third-order valence-corrected chi connectivity index (χ3v) is 10.8. The van der Waals surface area contributed by atoms with Crippen LogP contribution >= 0.6 is 11.9 Å². The van der Waals surface area contributed by atoms with E-state index in [0.717, 1.165) is 26.1 Å². The van der Waals surface area contributed by atoms with E-state index in [1.54, 1.807) is 0 Å². The van der Waals surface area contributed by atoms with E-state index < -0.39 is 0 Å². The molecular formula is C32H57N7S. The Morgan fingerprint density at radius 3 is 2.52 bits per heavy atom. The predicted octanol–water partition coefficient (Wildman–Crippen LogP) is 5.07. The van der Waals surface area contributed by atoms with E-state index >= 15 is 0 Å². The van der Waals surface area contributed by atoms with Gasteiger partial charge in [0, 0.05) is 37.3 Å². The SMILES string of the molecule is CC(C)(C)c1ccnc(C2CC[C@@H]3CN(C4NC(C(C)(C)C)NCC4CNSC4CCCC(N4)N2)C(C)(C)C3)c1. The first-order valence-electron chi connectivity index (χ1n) is 15.9. The highest BCUT2D eigenvalue weighted by Crippen LogP contribution is 2.40. The third kappa shape index (κ3) is 7.24. The summed E-state index contributed by atoms with van der Waals surface area (Å²) in [6, 6.07) is 4.82. The monoisotopic (exact) mass is 571 g/mol. The lowest BCUT2D eigenvalue weighted by Gasteiger charge is -2.50. The Bertz CT molecular complexity index is 986. The number of pyridine rings is 1. The van der Waals surface area contributed by atoms with Crippen molar-refractivity contribution in [2.24, 2.45) is 17.3 Å². The second-order valence-corrected chi connectivity index (χ2v) is 16.8. The lowest BCUT2D eigenvalue weighted by atomic mass is 9.86. The number of nitrogens with zero attached hydrogens (tertiary/aromatic N) is 2. The van der Waals surface area contributed by atoms with Crippen molar-refractivity contribution in [2.45, 2.75) is 135 Å². The Morgan fingerprint density at radius 2 is 1.77 bits per heavy atom. The van der Waals surface area contributed by atoms with Crippen LogP contribution in [-0.4, -0.2) is 58.9 Å². The summed E-state index contributed by atoms with van der Waals surface area (Å²) in [5.74, 6) is 1.21. The maximum absolute atomic E-state index is 4.94. The molecule has 0 aliphatic carbocycles. The number of fused-ring (bicyclic) bond motifs is 6. The lowest BCUT2D eigenvalue weighted by molar-refractivity contribution is 0.00212. The van der Waals surface area contributed by atoms with Crippen LogP contribution in [0.25, 0.3) is 0 Å². The van der Waals surface area contributed by atoms with Gasteiger partial charge in [-0.3, -0.25) is 30.6 Å². The third-order valence-electron chi connectivity index (χ3n) is 9.78. The maximum Gasteiger partial charge on any atom is 0.0690 e. The number of hydrogen-bond donors (Lipinski definition) is 5. The molecule has 5 heterocycles. The Balaban J connectivity index is 1.41. The van der Waals surface area contributed by atoms with Crippen LogP contribution in [0.2, 0.25) is 0 Å². The van der Waals surface area contributed by atoms with E-state index in [9.17, 15) is 0 Å². The van der Waals surface area contributed by atoms with Gasteiger partial charge in [-0.25, -0.2) is 0 Å². The second-order valence-electron chi connectivity index (χ2n) is 15.7. The van der Waals surface area contributed by atoms with Crippen LogP contribution < -0.4 is 26.0 Å². The number of rotatable bonds is 1. The van der Waals surface area contributed by atoms with Gasteiger partial charge in [-0.2, -0.15) is 0 Å². The molecule has 0 aromatic carbocycles. The standard InChI is InChI=1S/C32H57N7S/c1-30(2,3)23-14-15-33-25(16-23)24-13-12-21-17-32(7,8)39(20-21)28-22(18-34-29(38-28)31(4,5)6)19-35-40-27-11-9-10-26(36-24)37-27/h14-16,21-22,24,26-29,34-38H,9-13,17-20H2,1-8H3/t21-,22?,24?,26?,27?,28?,29?/m0/s1. The molecule has 1 aromatic rings. The van der Waals surface area contributed by atoms with Gasteiger partial charge in [-0.1, -0.05) is 53.5 Å². The van der Waals surface area contributed by atoms with E-state index in [1.165, 1.54) is 43.4 Å². The molecule has 0 spiro atoms. The fourth-order valence-corrected chi connectivity index (χ4v) is 8.40. The first kappa shape index (κ1) is 30.7. The van der Waals surface area contributed by atoms with E-state index in [2.05, 4.69) is 98.4 Å². The predicted molar refractivity (Wildman–Crippen MR) is 169 cm³/mol. The molecule has 1 aromatic heterocycles. The van der Waals surface area contributed by atoms with Crippen LogP contribution in [0.5, 0.6) is 0 Å². The van der Waals surface area contributed by atoms with Gasteiger partial charge < -0.3 is 5.32 Å². The molecule has 4 aliphatic heterocycles. The zero-order chi connectivity index (χ0) is 28.7. The normalized spacial score (nSPS) is 37.7. The van der Waals surface area contributed by atoms with Gasteiger partial charge in [0.15, 0.2) is 0 Å². The minimum absolute atomic E-state index is 0.118. The van der Waals surface area contributed by atoms with Gasteiger partial charge >= 0.3 is 0 Å². The van der Waals surface area contributed by atoms with Crippen molar-refractivity contribution in [1.82, 2.24) is 35.9 Å². The van der Waals surface area contributed by atoms with Crippen LogP contribution in [-0.2, 0) is 5.41 Å². The summed E-state index contributed by atoms with van der Waals surface area (Å²) >= 11 is 1.90. The molecule has 0 radical (unpaired) electrons. The van der Waals surface area contributed by atoms with Crippen molar-refractivity contribution in [3.05, 3.63) is 29.6 Å². The smallest absolute Gasteiger partial charge is 0.0690 e. The molecule has 5 rings (SSSR count). The van der Waals surface area contributed by atoms with Crippen molar-refractivity contribution in [1.29, 1.82) is 0 Å². The summed E-state index contributed by atoms with van der Waals surface area (Å²) in [7, 11) is 0. The van der Waals surface area contributed by atoms with Gasteiger partial charge in [0.05, 0.1) is 35.6 Å². The molecule has 8 atom stereocenters. The average molecular weight is 572 g/mol. The molecule has 0 amide bonds. The minimum Gasteiger partial charge on any atom is -0.301 e. The zero-order valence-corrected chi connectivity index (χ0v) is 27.3. The molecule has 0 saturated carbocycles. The van der Waals surface area contributed by atoms with Crippen molar-refractivity contribution in [3.8, 4) is 0 Å². The van der Waals surface area contributed by atoms with Crippen LogP contribution in [0, 0.1) is 17.3 Å². The van der Waals surface area contributed by atoms with Gasteiger partial charge in [-0.15, -0.1) is 0 Å². The number of hydrogen-bond acceptors (Lipinski definition) is 8. The van der Waals surface area contributed by atoms with Crippen molar-refractivity contribution in [3.63, 3.8) is 0 Å². The topological polar surface area (TPSA) is 76.3 Å². The minimum atomic E-state index is 0.118. The highest BCUT2D eigenvalue weighted by molar-refractivity contribution is 7.98. The zero-order valence-electron chi connectivity index (χ0n) is 26.4. The molecular weight excluding hydrogens is 514 g/mol. The average Bonchev–Trinajstić information content (AvgIpc) is 3.19. The first-order chi connectivity index (χ1) is 18.8. The van der Waals surface area contributed by atoms with Gasteiger partial charge in [-0.05, 0) is 86.8 Å². The molecule has 7 nitrogen and oxygen atoms in total. The van der Waals surface area contributed by atoms with Gasteiger partial charge in [0.2, 0.25) is 0 Å². The largest absolute Gasteiger partial charge is 0.301 e. The maximum atomic E-state index is 4.94. The lowest BCUT2D eigenvalue weighted by Crippen LogP contribution is -2.70. The summed E-state index contributed by atoms with van der Waals surface area (Å²) < 4.78 is 3.82. The van der Waals surface area contributed by atoms with E-state index in [0.29, 0.717) is 35.7 Å². The molecule has 4 aliphatic rings. The van der Waals surface area contributed by atoms with E-state index in [1.807, 2.05) is 18.1 Å². The van der Waals surface area contributed by atoms with Crippen LogP contribution in [0.1, 0.15) is 111 Å². The summed E-state index contributed by atoms with van der Waals surface area (Å²) in [4.78, 5) is 7.76. The Hall–Kier alpha value is -0.740. The fourth-order valence-electron chi connectivity index (χ4n) is 7.37. The van der Waals surface area contributed by atoms with Crippen LogP contribution in [0.15, 0.2) is 18.3 Å². The summed E-state index contributed by atoms with van der Waals surface area (Å²) in [5.41, 5.74) is 3.04.